The van der Waals surface area contributed by atoms with Crippen LogP contribution < -0.4 is 0 Å². The van der Waals surface area contributed by atoms with Gasteiger partial charge in [0.2, 0.25) is 0 Å². The smallest absolute Gasteiger partial charge is 0.169 e. The molecule has 0 radical (unpaired) electrons. The van der Waals surface area contributed by atoms with E-state index in [0.29, 0.717) is 0 Å². The highest BCUT2D eigenvalue weighted by molar-refractivity contribution is 7.29. The molecule has 0 amide bonds. The van der Waals surface area contributed by atoms with Crippen LogP contribution >= 0.6 is 22.7 Å². The number of rotatable bonds is 7. The SMILES string of the molecule is CCCCCc1cc2sc(-c3ncc(CCC)cn3)cc2s1. The number of aryl methyl sites for hydroxylation is 2. The minimum absolute atomic E-state index is 0.862. The van der Waals surface area contributed by atoms with Crippen LogP contribution in [0.5, 0.6) is 0 Å². The summed E-state index contributed by atoms with van der Waals surface area (Å²) in [6.45, 7) is 4.43. The standard InChI is InChI=1S/C18H22N2S2/c1-3-5-6-8-14-9-15-16(21-14)10-17(22-15)18-19-11-13(7-4-2)12-20-18/h9-12H,3-8H2,1-2H3. The molecule has 0 aromatic carbocycles. The van der Waals surface area contributed by atoms with Gasteiger partial charge in [-0.1, -0.05) is 33.1 Å². The van der Waals surface area contributed by atoms with E-state index in [1.807, 2.05) is 35.1 Å². The molecule has 3 aromatic rings. The number of hydrogen-bond donors (Lipinski definition) is 0. The molecule has 0 aliphatic rings. The molecule has 22 heavy (non-hydrogen) atoms. The van der Waals surface area contributed by atoms with E-state index in [1.165, 1.54) is 50.4 Å². The average molecular weight is 331 g/mol. The third-order valence-corrected chi connectivity index (χ3v) is 6.10. The Labute approximate surface area is 140 Å². The molecular weight excluding hydrogens is 308 g/mol. The van der Waals surface area contributed by atoms with Crippen molar-refractivity contribution in [2.45, 2.75) is 52.4 Å². The molecule has 0 N–H and O–H groups in total. The lowest BCUT2D eigenvalue weighted by Crippen LogP contribution is -1.90. The molecule has 0 aliphatic heterocycles. The van der Waals surface area contributed by atoms with E-state index in [0.717, 1.165) is 18.7 Å². The zero-order chi connectivity index (χ0) is 15.4. The molecule has 0 unspecified atom stereocenters. The number of hydrogen-bond acceptors (Lipinski definition) is 4. The molecule has 2 nitrogen and oxygen atoms in total. The van der Waals surface area contributed by atoms with E-state index in [-0.39, 0.29) is 0 Å². The second-order valence-electron chi connectivity index (χ2n) is 5.67. The van der Waals surface area contributed by atoms with Gasteiger partial charge in [-0.15, -0.1) is 22.7 Å². The Morgan fingerprint density at radius 2 is 1.64 bits per heavy atom. The van der Waals surface area contributed by atoms with Crippen molar-refractivity contribution in [3.8, 4) is 10.7 Å². The molecule has 3 heterocycles. The van der Waals surface area contributed by atoms with Crippen molar-refractivity contribution < 1.29 is 0 Å². The van der Waals surface area contributed by atoms with E-state index < -0.39 is 0 Å². The van der Waals surface area contributed by atoms with Gasteiger partial charge >= 0.3 is 0 Å². The number of aromatic nitrogens is 2. The molecule has 4 heteroatoms. The summed E-state index contributed by atoms with van der Waals surface area (Å²) in [5.74, 6) is 0.862. The highest BCUT2D eigenvalue weighted by Gasteiger charge is 2.10. The number of nitrogens with zero attached hydrogens (tertiary/aromatic N) is 2. The van der Waals surface area contributed by atoms with Crippen molar-refractivity contribution >= 4 is 32.1 Å². The van der Waals surface area contributed by atoms with Crippen molar-refractivity contribution in [2.75, 3.05) is 0 Å². The van der Waals surface area contributed by atoms with Gasteiger partial charge in [0.15, 0.2) is 5.82 Å². The first-order chi connectivity index (χ1) is 10.8. The second-order valence-corrected chi connectivity index (χ2v) is 7.93. The molecule has 0 saturated carbocycles. The summed E-state index contributed by atoms with van der Waals surface area (Å²) in [5, 5.41) is 0. The van der Waals surface area contributed by atoms with Gasteiger partial charge in [0, 0.05) is 26.7 Å². The van der Waals surface area contributed by atoms with Crippen LogP contribution in [0.1, 0.15) is 50.0 Å². The Kier molecular flexibility index (Phi) is 5.21. The summed E-state index contributed by atoms with van der Waals surface area (Å²) in [7, 11) is 0. The Balaban J connectivity index is 1.75. The summed E-state index contributed by atoms with van der Waals surface area (Å²) >= 11 is 3.74. The van der Waals surface area contributed by atoms with Gasteiger partial charge in [-0.25, -0.2) is 9.97 Å². The van der Waals surface area contributed by atoms with Gasteiger partial charge in [0.1, 0.15) is 0 Å². The summed E-state index contributed by atoms with van der Waals surface area (Å²) in [6.07, 6.45) is 11.3. The quantitative estimate of drug-likeness (QED) is 0.489. The largest absolute Gasteiger partial charge is 0.236 e. The lowest BCUT2D eigenvalue weighted by Gasteiger charge is -1.99. The van der Waals surface area contributed by atoms with Crippen LogP contribution in [0.15, 0.2) is 24.5 Å². The molecular formula is C18H22N2S2. The number of thiophene rings is 2. The second kappa shape index (κ2) is 7.34. The van der Waals surface area contributed by atoms with Crippen molar-refractivity contribution in [1.29, 1.82) is 0 Å². The van der Waals surface area contributed by atoms with E-state index in [1.54, 1.807) is 0 Å². The van der Waals surface area contributed by atoms with Crippen molar-refractivity contribution in [3.63, 3.8) is 0 Å². The first-order valence-corrected chi connectivity index (χ1v) is 9.77. The minimum atomic E-state index is 0.862. The lowest BCUT2D eigenvalue weighted by atomic mass is 10.2. The zero-order valence-electron chi connectivity index (χ0n) is 13.3. The van der Waals surface area contributed by atoms with Gasteiger partial charge in [-0.05, 0) is 37.0 Å². The van der Waals surface area contributed by atoms with Crippen LogP contribution in [0.3, 0.4) is 0 Å². The van der Waals surface area contributed by atoms with Gasteiger partial charge in [0.05, 0.1) is 4.88 Å². The molecule has 0 bridgehead atoms. The van der Waals surface area contributed by atoms with Gasteiger partial charge < -0.3 is 0 Å². The van der Waals surface area contributed by atoms with Crippen LogP contribution in [0, 0.1) is 0 Å². The molecule has 0 spiro atoms. The third kappa shape index (κ3) is 3.55. The third-order valence-electron chi connectivity index (χ3n) is 3.75. The predicted octanol–water partition coefficient (Wildman–Crippen LogP) is 6.11. The highest BCUT2D eigenvalue weighted by Crippen LogP contribution is 2.37. The first kappa shape index (κ1) is 15.6. The Morgan fingerprint density at radius 1 is 0.864 bits per heavy atom. The fourth-order valence-corrected chi connectivity index (χ4v) is 4.98. The zero-order valence-corrected chi connectivity index (χ0v) is 14.9. The van der Waals surface area contributed by atoms with Crippen LogP contribution in [0.2, 0.25) is 0 Å². The molecule has 0 fully saturated rings. The summed E-state index contributed by atoms with van der Waals surface area (Å²) < 4.78 is 2.76. The molecule has 3 aromatic heterocycles. The summed E-state index contributed by atoms with van der Waals surface area (Å²) in [4.78, 5) is 11.8. The molecule has 0 atom stereocenters. The van der Waals surface area contributed by atoms with Gasteiger partial charge in [0.25, 0.3) is 0 Å². The number of fused-ring (bicyclic) bond motifs is 1. The maximum absolute atomic E-state index is 4.53. The van der Waals surface area contributed by atoms with E-state index in [4.69, 9.17) is 0 Å². The van der Waals surface area contributed by atoms with Gasteiger partial charge in [-0.3, -0.25) is 0 Å². The van der Waals surface area contributed by atoms with Crippen LogP contribution in [0.25, 0.3) is 20.1 Å². The monoisotopic (exact) mass is 330 g/mol. The maximum atomic E-state index is 4.53. The Morgan fingerprint density at radius 3 is 2.32 bits per heavy atom. The van der Waals surface area contributed by atoms with Crippen molar-refractivity contribution in [3.05, 3.63) is 35.0 Å². The molecule has 116 valence electrons. The Hall–Kier alpha value is -1.26. The van der Waals surface area contributed by atoms with Crippen LogP contribution in [-0.4, -0.2) is 9.97 Å². The Bertz CT molecular complexity index is 694. The fraction of sp³-hybridized carbons (Fsp3) is 0.444. The van der Waals surface area contributed by atoms with Gasteiger partial charge in [-0.2, -0.15) is 0 Å². The highest BCUT2D eigenvalue weighted by atomic mass is 32.1. The number of unbranched alkanes of at least 4 members (excludes halogenated alkanes) is 2. The van der Waals surface area contributed by atoms with Crippen molar-refractivity contribution in [2.24, 2.45) is 0 Å². The van der Waals surface area contributed by atoms with E-state index >= 15 is 0 Å². The predicted molar refractivity (Wildman–Crippen MR) is 98.0 cm³/mol. The minimum Gasteiger partial charge on any atom is -0.236 e. The summed E-state index contributed by atoms with van der Waals surface area (Å²) in [5.41, 5.74) is 1.22. The lowest BCUT2D eigenvalue weighted by molar-refractivity contribution is 0.723. The van der Waals surface area contributed by atoms with Crippen molar-refractivity contribution in [1.82, 2.24) is 9.97 Å². The molecule has 3 rings (SSSR count). The topological polar surface area (TPSA) is 25.8 Å². The van der Waals surface area contributed by atoms with E-state index in [2.05, 4.69) is 35.9 Å². The first-order valence-electron chi connectivity index (χ1n) is 8.13. The molecule has 0 aliphatic carbocycles. The molecule has 0 saturated heterocycles. The average Bonchev–Trinajstić information content (AvgIpc) is 3.07. The van der Waals surface area contributed by atoms with Crippen LogP contribution in [-0.2, 0) is 12.8 Å². The van der Waals surface area contributed by atoms with E-state index in [9.17, 15) is 0 Å². The summed E-state index contributed by atoms with van der Waals surface area (Å²) in [6, 6.07) is 4.61. The van der Waals surface area contributed by atoms with Crippen LogP contribution in [0.4, 0.5) is 0 Å². The fourth-order valence-electron chi connectivity index (χ4n) is 2.57. The maximum Gasteiger partial charge on any atom is 0.169 e. The normalized spacial score (nSPS) is 11.4.